The molecule has 2 rings (SSSR count). The van der Waals surface area contributed by atoms with Crippen LogP contribution in [0.2, 0.25) is 5.02 Å². The van der Waals surface area contributed by atoms with E-state index in [0.717, 1.165) is 10.5 Å². The molecule has 0 aliphatic rings. The van der Waals surface area contributed by atoms with Gasteiger partial charge in [0.05, 0.1) is 25.8 Å². The number of carbonyl (C=O) groups excluding carboxylic acids is 1. The van der Waals surface area contributed by atoms with E-state index in [1.807, 2.05) is 32.2 Å². The second-order valence-corrected chi connectivity index (χ2v) is 6.31. The molecule has 2 aromatic carbocycles. The van der Waals surface area contributed by atoms with Crippen LogP contribution >= 0.6 is 11.6 Å². The first kappa shape index (κ1) is 20.0. The Kier molecular flexibility index (Phi) is 7.24. The number of benzene rings is 2. The highest BCUT2D eigenvalue weighted by Crippen LogP contribution is 2.27. The summed E-state index contributed by atoms with van der Waals surface area (Å²) in [6.07, 6.45) is 0. The number of rotatable bonds is 8. The van der Waals surface area contributed by atoms with Crippen molar-refractivity contribution in [2.75, 3.05) is 32.6 Å². The third kappa shape index (κ3) is 5.61. The lowest BCUT2D eigenvalue weighted by Gasteiger charge is -2.16. The maximum atomic E-state index is 13.2. The van der Waals surface area contributed by atoms with Crippen molar-refractivity contribution in [2.45, 2.75) is 13.5 Å². The zero-order valence-corrected chi connectivity index (χ0v) is 15.8. The second kappa shape index (κ2) is 9.40. The molecule has 1 amide bonds. The Hall–Kier alpha value is -2.31. The van der Waals surface area contributed by atoms with E-state index in [-0.39, 0.29) is 17.5 Å². The van der Waals surface area contributed by atoms with E-state index in [2.05, 4.69) is 5.32 Å². The van der Waals surface area contributed by atoms with E-state index in [0.29, 0.717) is 30.3 Å². The lowest BCUT2D eigenvalue weighted by Crippen LogP contribution is -3.08. The number of methoxy groups -OCH3 is 1. The number of likely N-dealkylation sites (N-methyl/N-ethyl adjacent to an activating group) is 1. The van der Waals surface area contributed by atoms with Gasteiger partial charge in [0, 0.05) is 11.3 Å². The van der Waals surface area contributed by atoms with Crippen LogP contribution in [0, 0.1) is 5.82 Å². The normalized spacial score (nSPS) is 11.7. The molecule has 5 nitrogen and oxygen atoms in total. The maximum absolute atomic E-state index is 13.2. The molecule has 0 spiro atoms. The zero-order valence-electron chi connectivity index (χ0n) is 15.1. The summed E-state index contributed by atoms with van der Waals surface area (Å²) in [4.78, 5) is 13.1. The summed E-state index contributed by atoms with van der Waals surface area (Å²) in [5, 5.41) is 2.70. The number of halogens is 2. The summed E-state index contributed by atoms with van der Waals surface area (Å²) < 4.78 is 24.0. The van der Waals surface area contributed by atoms with Crippen molar-refractivity contribution in [3.8, 4) is 11.5 Å². The van der Waals surface area contributed by atoms with Crippen LogP contribution in [0.3, 0.4) is 0 Å². The van der Waals surface area contributed by atoms with Crippen LogP contribution in [0.1, 0.15) is 12.5 Å². The van der Waals surface area contributed by atoms with Crippen molar-refractivity contribution in [3.63, 3.8) is 0 Å². The maximum Gasteiger partial charge on any atom is 0.279 e. The number of quaternary nitrogens is 1. The minimum atomic E-state index is -0.517. The largest absolute Gasteiger partial charge is 0.493 e. The Morgan fingerprint density at radius 3 is 2.65 bits per heavy atom. The van der Waals surface area contributed by atoms with E-state index in [9.17, 15) is 9.18 Å². The highest BCUT2D eigenvalue weighted by atomic mass is 35.5. The first-order chi connectivity index (χ1) is 12.4. The molecule has 1 unspecified atom stereocenters. The lowest BCUT2D eigenvalue weighted by atomic mass is 10.2. The molecule has 0 aromatic heterocycles. The second-order valence-electron chi connectivity index (χ2n) is 5.91. The summed E-state index contributed by atoms with van der Waals surface area (Å²) in [7, 11) is 3.51. The highest BCUT2D eigenvalue weighted by molar-refractivity contribution is 6.31. The summed E-state index contributed by atoms with van der Waals surface area (Å²) in [5.74, 6) is 0.671. The highest BCUT2D eigenvalue weighted by Gasteiger charge is 2.13. The SMILES string of the molecule is CCOc1ccc(C[NH+](C)CC(=O)Nc2ccc(F)c(Cl)c2)cc1OC. The molecule has 0 saturated heterocycles. The Labute approximate surface area is 157 Å². The van der Waals surface area contributed by atoms with Crippen molar-refractivity contribution in [1.29, 1.82) is 0 Å². The van der Waals surface area contributed by atoms with Crippen molar-refractivity contribution in [1.82, 2.24) is 0 Å². The van der Waals surface area contributed by atoms with E-state index < -0.39 is 5.82 Å². The van der Waals surface area contributed by atoms with Crippen LogP contribution in [0.15, 0.2) is 36.4 Å². The van der Waals surface area contributed by atoms with E-state index in [4.69, 9.17) is 21.1 Å². The van der Waals surface area contributed by atoms with Gasteiger partial charge in [-0.1, -0.05) is 11.6 Å². The molecule has 0 fully saturated rings. The summed E-state index contributed by atoms with van der Waals surface area (Å²) in [6.45, 7) is 3.37. The van der Waals surface area contributed by atoms with Gasteiger partial charge in [0.15, 0.2) is 18.0 Å². The third-order valence-electron chi connectivity index (χ3n) is 3.70. The smallest absolute Gasteiger partial charge is 0.279 e. The zero-order chi connectivity index (χ0) is 19.1. The number of amides is 1. The van der Waals surface area contributed by atoms with Crippen LogP contribution in [0.25, 0.3) is 0 Å². The average Bonchev–Trinajstić information content (AvgIpc) is 2.59. The van der Waals surface area contributed by atoms with Gasteiger partial charge in [0.25, 0.3) is 5.91 Å². The van der Waals surface area contributed by atoms with Crippen molar-refractivity contribution in [2.24, 2.45) is 0 Å². The fourth-order valence-corrected chi connectivity index (χ4v) is 2.74. The predicted octanol–water partition coefficient (Wildman–Crippen LogP) is 2.54. The van der Waals surface area contributed by atoms with Gasteiger partial charge in [-0.2, -0.15) is 0 Å². The fraction of sp³-hybridized carbons (Fsp3) is 0.316. The van der Waals surface area contributed by atoms with Crippen LogP contribution in [-0.4, -0.2) is 33.2 Å². The monoisotopic (exact) mass is 381 g/mol. The molecule has 0 bridgehead atoms. The van der Waals surface area contributed by atoms with Gasteiger partial charge in [0.1, 0.15) is 12.4 Å². The molecular weight excluding hydrogens is 359 g/mol. The minimum Gasteiger partial charge on any atom is -0.493 e. The van der Waals surface area contributed by atoms with Gasteiger partial charge in [-0.25, -0.2) is 4.39 Å². The molecule has 2 N–H and O–H groups in total. The first-order valence-electron chi connectivity index (χ1n) is 8.28. The molecular formula is C19H23ClFN2O3+. The molecule has 0 saturated carbocycles. The minimum absolute atomic E-state index is 0.0232. The van der Waals surface area contributed by atoms with Crippen LogP contribution in [0.5, 0.6) is 11.5 Å². The van der Waals surface area contributed by atoms with Crippen molar-refractivity contribution < 1.29 is 23.6 Å². The first-order valence-corrected chi connectivity index (χ1v) is 8.66. The molecule has 0 radical (unpaired) electrons. The van der Waals surface area contributed by atoms with Gasteiger partial charge in [-0.3, -0.25) is 4.79 Å². The predicted molar refractivity (Wildman–Crippen MR) is 99.7 cm³/mol. The van der Waals surface area contributed by atoms with E-state index in [1.54, 1.807) is 7.11 Å². The van der Waals surface area contributed by atoms with E-state index >= 15 is 0 Å². The molecule has 0 heterocycles. The molecule has 1 atom stereocenters. The Morgan fingerprint density at radius 2 is 2.00 bits per heavy atom. The number of hydrogen-bond acceptors (Lipinski definition) is 3. The quantitative estimate of drug-likeness (QED) is 0.739. The van der Waals surface area contributed by atoms with Crippen LogP contribution < -0.4 is 19.7 Å². The number of hydrogen-bond donors (Lipinski definition) is 2. The number of anilines is 1. The molecule has 140 valence electrons. The van der Waals surface area contributed by atoms with Crippen LogP contribution in [0.4, 0.5) is 10.1 Å². The molecule has 0 aliphatic heterocycles. The fourth-order valence-electron chi connectivity index (χ4n) is 2.56. The third-order valence-corrected chi connectivity index (χ3v) is 3.99. The standard InChI is InChI=1S/C19H22ClFN2O3/c1-4-26-17-8-5-13(9-18(17)25-3)11-23(2)12-19(24)22-14-6-7-16(21)15(20)10-14/h5-10H,4,11-12H2,1-3H3,(H,22,24)/p+1. The van der Waals surface area contributed by atoms with Gasteiger partial charge in [-0.15, -0.1) is 0 Å². The Morgan fingerprint density at radius 1 is 1.23 bits per heavy atom. The molecule has 7 heteroatoms. The number of carbonyl (C=O) groups is 1. The topological polar surface area (TPSA) is 52.0 Å². The Balaban J connectivity index is 1.94. The summed E-state index contributed by atoms with van der Waals surface area (Å²) >= 11 is 5.72. The summed E-state index contributed by atoms with van der Waals surface area (Å²) in [5.41, 5.74) is 1.50. The average molecular weight is 382 g/mol. The van der Waals surface area contributed by atoms with E-state index in [1.165, 1.54) is 18.2 Å². The van der Waals surface area contributed by atoms with Gasteiger partial charge < -0.3 is 19.7 Å². The lowest BCUT2D eigenvalue weighted by molar-refractivity contribution is -0.885. The molecule has 0 aliphatic carbocycles. The van der Waals surface area contributed by atoms with Crippen molar-refractivity contribution >= 4 is 23.2 Å². The molecule has 2 aromatic rings. The van der Waals surface area contributed by atoms with Gasteiger partial charge in [0.2, 0.25) is 0 Å². The van der Waals surface area contributed by atoms with Gasteiger partial charge in [-0.05, 0) is 43.3 Å². The summed E-state index contributed by atoms with van der Waals surface area (Å²) in [6, 6.07) is 9.82. The number of ether oxygens (including phenoxy) is 2. The van der Waals surface area contributed by atoms with Crippen molar-refractivity contribution in [3.05, 3.63) is 52.8 Å². The Bertz CT molecular complexity index is 770. The number of nitrogens with one attached hydrogen (secondary N) is 2. The molecule has 26 heavy (non-hydrogen) atoms. The van der Waals surface area contributed by atoms with Gasteiger partial charge >= 0.3 is 0 Å². The van der Waals surface area contributed by atoms with Crippen LogP contribution in [-0.2, 0) is 11.3 Å².